The van der Waals surface area contributed by atoms with Crippen LogP contribution in [0.3, 0.4) is 0 Å². The van der Waals surface area contributed by atoms with Crippen molar-refractivity contribution in [3.63, 3.8) is 0 Å². The number of para-hydroxylation sites is 2. The minimum absolute atomic E-state index is 0.0643. The molecule has 0 aliphatic heterocycles. The number of nitrogens with zero attached hydrogens (tertiary/aromatic N) is 2. The highest BCUT2D eigenvalue weighted by Crippen LogP contribution is 2.27. The zero-order chi connectivity index (χ0) is 16.7. The lowest BCUT2D eigenvalue weighted by Gasteiger charge is -2.13. The Kier molecular flexibility index (Phi) is 3.65. The van der Waals surface area contributed by atoms with Crippen LogP contribution in [0.5, 0.6) is 0 Å². The van der Waals surface area contributed by atoms with Crippen molar-refractivity contribution in [1.29, 1.82) is 0 Å². The van der Waals surface area contributed by atoms with Gasteiger partial charge < -0.3 is 4.98 Å². The average molecular weight is 335 g/mol. The van der Waals surface area contributed by atoms with Gasteiger partial charge in [0.25, 0.3) is 5.56 Å². The maximum absolute atomic E-state index is 13.2. The fraction of sp³-hybridized carbons (Fsp3) is 0.158. The van der Waals surface area contributed by atoms with Gasteiger partial charge in [0, 0.05) is 16.2 Å². The van der Waals surface area contributed by atoms with Crippen LogP contribution in [0.2, 0.25) is 0 Å². The fourth-order valence-electron chi connectivity index (χ4n) is 2.84. The number of fused-ring (bicyclic) bond motifs is 3. The van der Waals surface area contributed by atoms with Crippen LogP contribution in [0.1, 0.15) is 13.8 Å². The van der Waals surface area contributed by atoms with Gasteiger partial charge in [-0.3, -0.25) is 9.36 Å². The van der Waals surface area contributed by atoms with Crippen molar-refractivity contribution in [2.45, 2.75) is 24.3 Å². The summed E-state index contributed by atoms with van der Waals surface area (Å²) in [4.78, 5) is 21.2. The summed E-state index contributed by atoms with van der Waals surface area (Å²) in [5.74, 6) is 0. The molecule has 120 valence electrons. The summed E-state index contributed by atoms with van der Waals surface area (Å²) in [6.45, 7) is 4.21. The van der Waals surface area contributed by atoms with E-state index in [1.54, 1.807) is 16.3 Å². The van der Waals surface area contributed by atoms with E-state index in [9.17, 15) is 4.79 Å². The summed E-state index contributed by atoms with van der Waals surface area (Å²) < 4.78 is 1.70. The molecule has 2 aromatic carbocycles. The first kappa shape index (κ1) is 15.0. The van der Waals surface area contributed by atoms with E-state index in [1.165, 1.54) is 0 Å². The van der Waals surface area contributed by atoms with Crippen molar-refractivity contribution >= 4 is 33.7 Å². The number of hydrogen-bond donors (Lipinski definition) is 1. The Morgan fingerprint density at radius 3 is 2.50 bits per heavy atom. The van der Waals surface area contributed by atoms with Crippen LogP contribution < -0.4 is 5.56 Å². The van der Waals surface area contributed by atoms with Gasteiger partial charge in [-0.25, -0.2) is 4.98 Å². The van der Waals surface area contributed by atoms with Crippen LogP contribution in [0, 0.1) is 0 Å². The minimum Gasteiger partial charge on any atom is -0.349 e. The van der Waals surface area contributed by atoms with Crippen molar-refractivity contribution in [3.8, 4) is 5.69 Å². The average Bonchev–Trinajstić information content (AvgIpc) is 2.95. The van der Waals surface area contributed by atoms with Gasteiger partial charge in [0.1, 0.15) is 11.0 Å². The second kappa shape index (κ2) is 5.83. The SMILES string of the molecule is CC(C)Sc1nc2c([nH]c3ccccc32)c(=O)n1-c1ccccc1. The third-order valence-electron chi connectivity index (χ3n) is 3.85. The lowest BCUT2D eigenvalue weighted by atomic mass is 10.2. The molecule has 0 aliphatic carbocycles. The normalized spacial score (nSPS) is 11.6. The van der Waals surface area contributed by atoms with Gasteiger partial charge in [0.05, 0.1) is 5.69 Å². The number of H-pyrrole nitrogens is 1. The quantitative estimate of drug-likeness (QED) is 0.447. The summed E-state index contributed by atoms with van der Waals surface area (Å²) in [5, 5.41) is 2.03. The van der Waals surface area contributed by atoms with E-state index < -0.39 is 0 Å². The van der Waals surface area contributed by atoms with Crippen LogP contribution >= 0.6 is 11.8 Å². The maximum atomic E-state index is 13.2. The molecule has 4 nitrogen and oxygen atoms in total. The predicted octanol–water partition coefficient (Wildman–Crippen LogP) is 4.37. The first-order valence-corrected chi connectivity index (χ1v) is 8.78. The second-order valence-corrected chi connectivity index (χ2v) is 7.47. The highest BCUT2D eigenvalue weighted by atomic mass is 32.2. The predicted molar refractivity (Wildman–Crippen MR) is 100 cm³/mol. The molecule has 0 spiro atoms. The first-order valence-electron chi connectivity index (χ1n) is 7.90. The summed E-state index contributed by atoms with van der Waals surface area (Å²) in [6, 6.07) is 17.6. The third-order valence-corrected chi connectivity index (χ3v) is 4.81. The Morgan fingerprint density at radius 2 is 1.75 bits per heavy atom. The van der Waals surface area contributed by atoms with Crippen LogP contribution in [-0.4, -0.2) is 19.8 Å². The van der Waals surface area contributed by atoms with Gasteiger partial charge >= 0.3 is 0 Å². The molecule has 0 aliphatic rings. The van der Waals surface area contributed by atoms with Gasteiger partial charge in [0.2, 0.25) is 0 Å². The van der Waals surface area contributed by atoms with Gasteiger partial charge in [-0.15, -0.1) is 0 Å². The molecule has 4 aromatic rings. The number of thioether (sulfide) groups is 1. The summed E-state index contributed by atoms with van der Waals surface area (Å²) in [6.07, 6.45) is 0. The van der Waals surface area contributed by atoms with Crippen molar-refractivity contribution in [1.82, 2.24) is 14.5 Å². The van der Waals surface area contributed by atoms with E-state index in [0.717, 1.165) is 27.3 Å². The largest absolute Gasteiger partial charge is 0.349 e. The lowest BCUT2D eigenvalue weighted by Crippen LogP contribution is -2.22. The van der Waals surface area contributed by atoms with Crippen LogP contribution in [-0.2, 0) is 0 Å². The Balaban J connectivity index is 2.11. The van der Waals surface area contributed by atoms with Crippen molar-refractivity contribution in [3.05, 3.63) is 65.0 Å². The van der Waals surface area contributed by atoms with E-state index >= 15 is 0 Å². The Bertz CT molecular complexity index is 1080. The summed E-state index contributed by atoms with van der Waals surface area (Å²) in [7, 11) is 0. The zero-order valence-corrected chi connectivity index (χ0v) is 14.3. The highest BCUT2D eigenvalue weighted by Gasteiger charge is 2.17. The number of benzene rings is 2. The standard InChI is InChI=1S/C19H17N3OS/c1-12(2)24-19-21-16-14-10-6-7-11-15(14)20-17(16)18(23)22(19)13-8-4-3-5-9-13/h3-12,20H,1-2H3. The fourth-order valence-corrected chi connectivity index (χ4v) is 3.70. The lowest BCUT2D eigenvalue weighted by molar-refractivity contribution is 0.815. The van der Waals surface area contributed by atoms with Crippen LogP contribution in [0.4, 0.5) is 0 Å². The van der Waals surface area contributed by atoms with E-state index in [2.05, 4.69) is 18.8 Å². The molecule has 1 N–H and O–H groups in total. The van der Waals surface area contributed by atoms with E-state index in [0.29, 0.717) is 10.8 Å². The molecule has 0 amide bonds. The molecule has 0 saturated carbocycles. The Morgan fingerprint density at radius 1 is 1.04 bits per heavy atom. The molecular weight excluding hydrogens is 318 g/mol. The van der Waals surface area contributed by atoms with Crippen molar-refractivity contribution in [2.24, 2.45) is 0 Å². The Hall–Kier alpha value is -2.53. The second-order valence-electron chi connectivity index (χ2n) is 5.93. The number of aromatic amines is 1. The van der Waals surface area contributed by atoms with Crippen molar-refractivity contribution in [2.75, 3.05) is 0 Å². The molecule has 0 fully saturated rings. The smallest absolute Gasteiger partial charge is 0.283 e. The number of aromatic nitrogens is 3. The number of hydrogen-bond acceptors (Lipinski definition) is 3. The van der Waals surface area contributed by atoms with E-state index in [-0.39, 0.29) is 5.56 Å². The highest BCUT2D eigenvalue weighted by molar-refractivity contribution is 7.99. The van der Waals surface area contributed by atoms with Gasteiger partial charge in [0.15, 0.2) is 5.16 Å². The van der Waals surface area contributed by atoms with Gasteiger partial charge in [-0.1, -0.05) is 62.0 Å². The molecular formula is C19H17N3OS. The molecule has 4 rings (SSSR count). The molecule has 0 saturated heterocycles. The minimum atomic E-state index is -0.0643. The molecule has 2 heterocycles. The summed E-state index contributed by atoms with van der Waals surface area (Å²) in [5.41, 5.74) is 2.99. The van der Waals surface area contributed by atoms with Gasteiger partial charge in [-0.05, 0) is 18.2 Å². The first-order chi connectivity index (χ1) is 11.6. The molecule has 0 radical (unpaired) electrons. The monoisotopic (exact) mass is 335 g/mol. The molecule has 0 bridgehead atoms. The zero-order valence-electron chi connectivity index (χ0n) is 13.5. The molecule has 2 aromatic heterocycles. The topological polar surface area (TPSA) is 50.7 Å². The van der Waals surface area contributed by atoms with Gasteiger partial charge in [-0.2, -0.15) is 0 Å². The molecule has 5 heteroatoms. The molecule has 0 atom stereocenters. The van der Waals surface area contributed by atoms with E-state index in [1.807, 2.05) is 54.6 Å². The molecule has 0 unspecified atom stereocenters. The van der Waals surface area contributed by atoms with Crippen molar-refractivity contribution < 1.29 is 0 Å². The number of nitrogens with one attached hydrogen (secondary N) is 1. The van der Waals surface area contributed by atoms with Crippen LogP contribution in [0.25, 0.3) is 27.6 Å². The van der Waals surface area contributed by atoms with E-state index in [4.69, 9.17) is 4.98 Å². The van der Waals surface area contributed by atoms with Crippen LogP contribution in [0.15, 0.2) is 64.5 Å². The number of rotatable bonds is 3. The molecule has 24 heavy (non-hydrogen) atoms. The third kappa shape index (κ3) is 2.41. The summed E-state index contributed by atoms with van der Waals surface area (Å²) >= 11 is 1.60. The Labute approximate surface area is 143 Å². The maximum Gasteiger partial charge on any atom is 0.283 e.